The lowest BCUT2D eigenvalue weighted by Crippen LogP contribution is -2.37. The summed E-state index contributed by atoms with van der Waals surface area (Å²) in [6, 6.07) is 5.61. The molecule has 0 unspecified atom stereocenters. The van der Waals surface area contributed by atoms with Crippen LogP contribution < -0.4 is 5.46 Å². The molecule has 0 saturated heterocycles. The molecule has 0 spiro atoms. The summed E-state index contributed by atoms with van der Waals surface area (Å²) in [5, 5.41) is 17.2. The van der Waals surface area contributed by atoms with Crippen LogP contribution in [0.1, 0.15) is 0 Å². The Morgan fingerprint density at radius 1 is 1.42 bits per heavy atom. The molecular weight excluding hydrogens is 161 g/mol. The van der Waals surface area contributed by atoms with E-state index >= 15 is 0 Å². The highest BCUT2D eigenvalue weighted by atomic mass is 19.1. The summed E-state index contributed by atoms with van der Waals surface area (Å²) in [5.41, 5.74) is -0.0113. The molecule has 61 valence electrons. The molecule has 0 fully saturated rings. The Morgan fingerprint density at radius 2 is 2.08 bits per heavy atom. The first-order chi connectivity index (χ1) is 5.75. The van der Waals surface area contributed by atoms with Crippen molar-refractivity contribution in [2.75, 3.05) is 0 Å². The van der Waals surface area contributed by atoms with Crippen LogP contribution in [-0.2, 0) is 4.57 Å². The summed E-state index contributed by atoms with van der Waals surface area (Å²) in [6.45, 7) is 0. The second-order valence-electron chi connectivity index (χ2n) is 2.12. The van der Waals surface area contributed by atoms with E-state index < -0.39 is 12.9 Å². The van der Waals surface area contributed by atoms with Crippen molar-refractivity contribution in [3.8, 4) is 0 Å². The highest BCUT2D eigenvalue weighted by molar-refractivity contribution is 6.64. The molecule has 12 heavy (non-hydrogen) atoms. The Balaban J connectivity index is 2.79. The molecule has 6 heteroatoms. The maximum atomic E-state index is 12.8. The Morgan fingerprint density at radius 3 is 2.67 bits per heavy atom. The van der Waals surface area contributed by atoms with E-state index in [2.05, 4.69) is 4.57 Å². The number of benzene rings is 1. The van der Waals surface area contributed by atoms with Crippen molar-refractivity contribution in [3.05, 3.63) is 30.1 Å². The van der Waals surface area contributed by atoms with Gasteiger partial charge in [0.1, 0.15) is 5.82 Å². The quantitative estimate of drug-likeness (QED) is 0.570. The minimum Gasteiger partial charge on any atom is -0.449 e. The number of hydrogen-bond donors (Lipinski definition) is 2. The Labute approximate surface area is 70.2 Å². The second kappa shape index (κ2) is 4.25. The Bertz CT molecular complexity index is 258. The van der Waals surface area contributed by atoms with Crippen LogP contribution in [0.4, 0.5) is 4.39 Å². The zero-order chi connectivity index (χ0) is 8.97. The average Bonchev–Trinajstić information content (AvgIpc) is 2.05. The lowest BCUT2D eigenvalue weighted by atomic mass is 9.78. The third kappa shape index (κ3) is 2.07. The van der Waals surface area contributed by atoms with Gasteiger partial charge in [-0.3, -0.25) is 0 Å². The maximum Gasteiger partial charge on any atom is 0.480 e. The average molecular weight is 167 g/mol. The third-order valence-electron chi connectivity index (χ3n) is 1.36. The van der Waals surface area contributed by atoms with Crippen molar-refractivity contribution in [3.63, 3.8) is 0 Å². The van der Waals surface area contributed by atoms with Crippen molar-refractivity contribution < 1.29 is 19.0 Å². The van der Waals surface area contributed by atoms with E-state index in [1.54, 1.807) is 6.07 Å². The smallest absolute Gasteiger partial charge is 0.449 e. The molecule has 0 atom stereocenters. The molecular formula is C6H6B2FO3. The van der Waals surface area contributed by atoms with Crippen LogP contribution in [0.15, 0.2) is 24.3 Å². The van der Waals surface area contributed by atoms with E-state index in [0.29, 0.717) is 7.69 Å². The van der Waals surface area contributed by atoms with Crippen LogP contribution in [0.2, 0.25) is 0 Å². The predicted molar refractivity (Wildman–Crippen MR) is 43.1 cm³/mol. The van der Waals surface area contributed by atoms with Gasteiger partial charge in [0.2, 0.25) is 0 Å². The van der Waals surface area contributed by atoms with E-state index in [0.717, 1.165) is 0 Å². The van der Waals surface area contributed by atoms with E-state index in [1.165, 1.54) is 18.2 Å². The van der Waals surface area contributed by atoms with Crippen LogP contribution in [0.5, 0.6) is 0 Å². The first-order valence-electron chi connectivity index (χ1n) is 3.29. The lowest BCUT2D eigenvalue weighted by molar-refractivity contribution is 0.391. The van der Waals surface area contributed by atoms with Gasteiger partial charge in [-0.1, -0.05) is 18.2 Å². The zero-order valence-corrected chi connectivity index (χ0v) is 6.14. The molecule has 3 nitrogen and oxygen atoms in total. The summed E-state index contributed by atoms with van der Waals surface area (Å²) in [5.74, 6) is -0.577. The fourth-order valence-electron chi connectivity index (χ4n) is 0.806. The van der Waals surface area contributed by atoms with E-state index in [9.17, 15) is 4.39 Å². The SMILES string of the molecule is O[B]OB(O)c1ccccc1F. The standard InChI is InChI=1S/C6H6B2FO3/c9-6-4-2-1-3-5(6)8(11)12-7-10/h1-4,10-11H. The van der Waals surface area contributed by atoms with Crippen molar-refractivity contribution in [1.82, 2.24) is 0 Å². The summed E-state index contributed by atoms with van der Waals surface area (Å²) in [4.78, 5) is 0. The number of halogens is 1. The topological polar surface area (TPSA) is 49.7 Å². The monoisotopic (exact) mass is 167 g/mol. The normalized spacial score (nSPS) is 9.58. The van der Waals surface area contributed by atoms with Crippen molar-refractivity contribution in [1.29, 1.82) is 0 Å². The minimum absolute atomic E-state index is 0.0113. The minimum atomic E-state index is -1.46. The molecule has 0 heterocycles. The van der Waals surface area contributed by atoms with Crippen molar-refractivity contribution in [2.24, 2.45) is 0 Å². The van der Waals surface area contributed by atoms with Crippen LogP contribution in [0, 0.1) is 5.82 Å². The van der Waals surface area contributed by atoms with Gasteiger partial charge in [0, 0.05) is 5.46 Å². The van der Waals surface area contributed by atoms with E-state index in [1.807, 2.05) is 0 Å². The molecule has 1 aromatic carbocycles. The van der Waals surface area contributed by atoms with E-state index in [-0.39, 0.29) is 5.46 Å². The zero-order valence-electron chi connectivity index (χ0n) is 6.14. The maximum absolute atomic E-state index is 12.8. The molecule has 1 radical (unpaired) electrons. The molecule has 2 N–H and O–H groups in total. The van der Waals surface area contributed by atoms with Crippen LogP contribution in [0.25, 0.3) is 0 Å². The molecule has 1 aromatic rings. The Kier molecular flexibility index (Phi) is 3.28. The second-order valence-corrected chi connectivity index (χ2v) is 2.12. The molecule has 0 aliphatic heterocycles. The van der Waals surface area contributed by atoms with Gasteiger partial charge < -0.3 is 14.6 Å². The van der Waals surface area contributed by atoms with Crippen molar-refractivity contribution >= 4 is 20.3 Å². The third-order valence-corrected chi connectivity index (χ3v) is 1.36. The summed E-state index contributed by atoms with van der Waals surface area (Å²) in [6.07, 6.45) is 0. The van der Waals surface area contributed by atoms with Gasteiger partial charge in [-0.2, -0.15) is 0 Å². The van der Waals surface area contributed by atoms with Crippen molar-refractivity contribution in [2.45, 2.75) is 0 Å². The molecule has 0 aliphatic rings. The summed E-state index contributed by atoms with van der Waals surface area (Å²) in [7, 11) is -1.15. The molecule has 0 bridgehead atoms. The highest BCUT2D eigenvalue weighted by Crippen LogP contribution is 1.94. The number of hydrogen-bond acceptors (Lipinski definition) is 3. The fraction of sp³-hybridized carbons (Fsp3) is 0. The highest BCUT2D eigenvalue weighted by Gasteiger charge is 2.19. The largest absolute Gasteiger partial charge is 0.480 e. The molecule has 0 saturated carbocycles. The van der Waals surface area contributed by atoms with Gasteiger partial charge in [-0.25, -0.2) is 4.39 Å². The fourth-order valence-corrected chi connectivity index (χ4v) is 0.806. The molecule has 0 amide bonds. The lowest BCUT2D eigenvalue weighted by Gasteiger charge is -2.05. The number of rotatable bonds is 3. The Hall–Kier alpha value is -0.840. The van der Waals surface area contributed by atoms with Gasteiger partial charge in [0.15, 0.2) is 0 Å². The van der Waals surface area contributed by atoms with Gasteiger partial charge in [0.25, 0.3) is 0 Å². The van der Waals surface area contributed by atoms with Gasteiger partial charge >= 0.3 is 14.8 Å². The van der Waals surface area contributed by atoms with Crippen LogP contribution >= 0.6 is 0 Å². The summed E-state index contributed by atoms with van der Waals surface area (Å²) >= 11 is 0. The van der Waals surface area contributed by atoms with Gasteiger partial charge in [0.05, 0.1) is 0 Å². The van der Waals surface area contributed by atoms with Crippen LogP contribution in [0.3, 0.4) is 0 Å². The van der Waals surface area contributed by atoms with Crippen LogP contribution in [-0.4, -0.2) is 24.9 Å². The first-order valence-corrected chi connectivity index (χ1v) is 3.29. The van der Waals surface area contributed by atoms with Gasteiger partial charge in [-0.05, 0) is 6.07 Å². The predicted octanol–water partition coefficient (Wildman–Crippen LogP) is -0.944. The summed E-state index contributed by atoms with van der Waals surface area (Å²) < 4.78 is 17.1. The first kappa shape index (κ1) is 9.25. The molecule has 0 aromatic heterocycles. The van der Waals surface area contributed by atoms with E-state index in [4.69, 9.17) is 10.0 Å². The molecule has 1 rings (SSSR count). The molecule has 0 aliphatic carbocycles. The van der Waals surface area contributed by atoms with Gasteiger partial charge in [-0.15, -0.1) is 0 Å².